The van der Waals surface area contributed by atoms with E-state index in [1.165, 1.54) is 0 Å². The zero-order chi connectivity index (χ0) is 14.8. The van der Waals surface area contributed by atoms with Crippen LogP contribution in [0, 0.1) is 0 Å². The van der Waals surface area contributed by atoms with Gasteiger partial charge in [0.15, 0.2) is 0 Å². The Bertz CT molecular complexity index is 645. The van der Waals surface area contributed by atoms with Crippen molar-refractivity contribution in [3.8, 4) is 5.95 Å². The lowest BCUT2D eigenvalue weighted by Crippen LogP contribution is -2.56. The summed E-state index contributed by atoms with van der Waals surface area (Å²) in [5.74, 6) is 0.713. The van der Waals surface area contributed by atoms with Crippen molar-refractivity contribution in [1.82, 2.24) is 24.8 Å². The Labute approximate surface area is 125 Å². The monoisotopic (exact) mass is 307 g/mol. The molecular formula is C12H14ClN7O. The number of carbonyl (C=O) groups excluding carboxylic acids is 1. The molecule has 1 fully saturated rings. The third-order valence-electron chi connectivity index (χ3n) is 3.25. The Morgan fingerprint density at radius 3 is 3.05 bits per heavy atom. The number of hydrogen-bond donors (Lipinski definition) is 2. The highest BCUT2D eigenvalue weighted by molar-refractivity contribution is 6.29. The maximum Gasteiger partial charge on any atom is 0.238 e. The van der Waals surface area contributed by atoms with Gasteiger partial charge in [0.05, 0.1) is 0 Å². The number of imidazole rings is 1. The number of nitrogens with two attached hydrogens (primary N) is 1. The van der Waals surface area contributed by atoms with Gasteiger partial charge >= 0.3 is 0 Å². The molecule has 2 aromatic rings. The van der Waals surface area contributed by atoms with Gasteiger partial charge in [-0.3, -0.25) is 9.36 Å². The van der Waals surface area contributed by atoms with E-state index in [4.69, 9.17) is 17.3 Å². The summed E-state index contributed by atoms with van der Waals surface area (Å²) in [5, 5.41) is 3.40. The first-order valence-electron chi connectivity index (χ1n) is 6.44. The standard InChI is InChI=1S/C12H14ClN7O/c13-9-5-10(18-12(17-9)20-3-1-15-7-20)19-4-2-16-8(6-19)11(14)21/h1,3,5,7-8,16H,2,4,6H2,(H2,14,21). The zero-order valence-electron chi connectivity index (χ0n) is 11.1. The highest BCUT2D eigenvalue weighted by atomic mass is 35.5. The fourth-order valence-electron chi connectivity index (χ4n) is 2.20. The normalized spacial score (nSPS) is 18.7. The van der Waals surface area contributed by atoms with Gasteiger partial charge in [-0.2, -0.15) is 4.98 Å². The summed E-state index contributed by atoms with van der Waals surface area (Å²) < 4.78 is 1.67. The molecule has 9 heteroatoms. The second-order valence-electron chi connectivity index (χ2n) is 4.67. The van der Waals surface area contributed by atoms with E-state index in [2.05, 4.69) is 20.3 Å². The molecule has 3 rings (SSSR count). The minimum absolute atomic E-state index is 0.331. The summed E-state index contributed by atoms with van der Waals surface area (Å²) in [6.45, 7) is 1.81. The maximum absolute atomic E-state index is 11.3. The van der Waals surface area contributed by atoms with Crippen LogP contribution in [0.4, 0.5) is 5.82 Å². The molecule has 0 spiro atoms. The van der Waals surface area contributed by atoms with Gasteiger partial charge in [0, 0.05) is 38.1 Å². The quantitative estimate of drug-likeness (QED) is 0.747. The van der Waals surface area contributed by atoms with Crippen LogP contribution in [0.5, 0.6) is 0 Å². The van der Waals surface area contributed by atoms with Crippen molar-refractivity contribution in [2.24, 2.45) is 5.73 Å². The van der Waals surface area contributed by atoms with Crippen LogP contribution in [0.15, 0.2) is 24.8 Å². The summed E-state index contributed by atoms with van der Waals surface area (Å²) in [6.07, 6.45) is 4.97. The number of amides is 1. The van der Waals surface area contributed by atoms with Crippen molar-refractivity contribution in [1.29, 1.82) is 0 Å². The molecule has 3 heterocycles. The van der Waals surface area contributed by atoms with Gasteiger partial charge in [0.25, 0.3) is 0 Å². The van der Waals surface area contributed by atoms with Gasteiger partial charge in [-0.25, -0.2) is 9.97 Å². The molecule has 1 aliphatic heterocycles. The average Bonchev–Trinajstić information content (AvgIpc) is 3.01. The van der Waals surface area contributed by atoms with E-state index >= 15 is 0 Å². The van der Waals surface area contributed by atoms with Crippen LogP contribution >= 0.6 is 11.6 Å². The smallest absolute Gasteiger partial charge is 0.238 e. The fourth-order valence-corrected chi connectivity index (χ4v) is 2.37. The highest BCUT2D eigenvalue weighted by Gasteiger charge is 2.24. The van der Waals surface area contributed by atoms with E-state index in [0.717, 1.165) is 0 Å². The third kappa shape index (κ3) is 2.96. The molecule has 3 N–H and O–H groups in total. The number of halogens is 1. The lowest BCUT2D eigenvalue weighted by Gasteiger charge is -2.33. The second-order valence-corrected chi connectivity index (χ2v) is 5.06. The van der Waals surface area contributed by atoms with E-state index in [9.17, 15) is 4.79 Å². The van der Waals surface area contributed by atoms with Gasteiger partial charge < -0.3 is 16.0 Å². The predicted octanol–water partition coefficient (Wildman–Crippen LogP) is -0.421. The van der Waals surface area contributed by atoms with E-state index < -0.39 is 6.04 Å². The molecule has 0 aromatic carbocycles. The molecule has 0 aliphatic carbocycles. The second kappa shape index (κ2) is 5.66. The van der Waals surface area contributed by atoms with E-state index in [-0.39, 0.29) is 5.91 Å². The number of nitrogens with one attached hydrogen (secondary N) is 1. The summed E-state index contributed by atoms with van der Waals surface area (Å²) >= 11 is 6.07. The number of rotatable bonds is 3. The zero-order valence-corrected chi connectivity index (χ0v) is 11.9. The maximum atomic E-state index is 11.3. The molecular weight excluding hydrogens is 294 g/mol. The number of aromatic nitrogens is 4. The first-order chi connectivity index (χ1) is 10.1. The fraction of sp³-hybridized carbons (Fsp3) is 0.333. The first kappa shape index (κ1) is 13.8. The minimum atomic E-state index is -0.399. The van der Waals surface area contributed by atoms with Crippen LogP contribution < -0.4 is 16.0 Å². The Hall–Kier alpha value is -2.19. The SMILES string of the molecule is NC(=O)C1CN(c2cc(Cl)nc(-n3ccnc3)n2)CCN1. The van der Waals surface area contributed by atoms with Crippen LogP contribution in [0.2, 0.25) is 5.15 Å². The van der Waals surface area contributed by atoms with Gasteiger partial charge in [-0.1, -0.05) is 11.6 Å². The summed E-state index contributed by atoms with van der Waals surface area (Å²) in [6, 6.07) is 1.27. The Morgan fingerprint density at radius 2 is 2.33 bits per heavy atom. The molecule has 0 saturated carbocycles. The van der Waals surface area contributed by atoms with Crippen LogP contribution in [0.1, 0.15) is 0 Å². The molecule has 1 aliphatic rings. The number of hydrogen-bond acceptors (Lipinski definition) is 6. The Morgan fingerprint density at radius 1 is 1.48 bits per heavy atom. The van der Waals surface area contributed by atoms with Crippen LogP contribution in [0.25, 0.3) is 5.95 Å². The van der Waals surface area contributed by atoms with E-state index in [1.807, 2.05) is 4.90 Å². The Kier molecular flexibility index (Phi) is 3.72. The molecule has 1 amide bonds. The summed E-state index contributed by atoms with van der Waals surface area (Å²) in [5.41, 5.74) is 5.35. The predicted molar refractivity (Wildman–Crippen MR) is 77.4 cm³/mol. The molecule has 0 radical (unpaired) electrons. The van der Waals surface area contributed by atoms with Gasteiger partial charge in [0.2, 0.25) is 11.9 Å². The van der Waals surface area contributed by atoms with Crippen molar-refractivity contribution in [2.75, 3.05) is 24.5 Å². The number of anilines is 1. The number of piperazine rings is 1. The molecule has 21 heavy (non-hydrogen) atoms. The van der Waals surface area contributed by atoms with Crippen LogP contribution in [0.3, 0.4) is 0 Å². The van der Waals surface area contributed by atoms with Crippen molar-refractivity contribution in [2.45, 2.75) is 6.04 Å². The van der Waals surface area contributed by atoms with Crippen LogP contribution in [-0.4, -0.2) is 51.1 Å². The molecule has 0 bridgehead atoms. The third-order valence-corrected chi connectivity index (χ3v) is 3.44. The van der Waals surface area contributed by atoms with Crippen molar-refractivity contribution < 1.29 is 4.79 Å². The molecule has 110 valence electrons. The summed E-state index contributed by atoms with van der Waals surface area (Å²) in [7, 11) is 0. The average molecular weight is 308 g/mol. The number of primary amides is 1. The topological polar surface area (TPSA) is 102 Å². The minimum Gasteiger partial charge on any atom is -0.368 e. The molecule has 1 unspecified atom stereocenters. The largest absolute Gasteiger partial charge is 0.368 e. The van der Waals surface area contributed by atoms with E-state index in [1.54, 1.807) is 29.4 Å². The van der Waals surface area contributed by atoms with Crippen LogP contribution in [-0.2, 0) is 4.79 Å². The lowest BCUT2D eigenvalue weighted by atomic mass is 10.2. The van der Waals surface area contributed by atoms with Gasteiger partial charge in [0.1, 0.15) is 23.3 Å². The first-order valence-corrected chi connectivity index (χ1v) is 6.82. The molecule has 1 saturated heterocycles. The van der Waals surface area contributed by atoms with Gasteiger partial charge in [-0.05, 0) is 0 Å². The highest BCUT2D eigenvalue weighted by Crippen LogP contribution is 2.19. The Balaban J connectivity index is 1.90. The van der Waals surface area contributed by atoms with Crippen molar-refractivity contribution in [3.63, 3.8) is 0 Å². The van der Waals surface area contributed by atoms with Gasteiger partial charge in [-0.15, -0.1) is 0 Å². The lowest BCUT2D eigenvalue weighted by molar-refractivity contribution is -0.120. The number of carbonyl (C=O) groups is 1. The van der Waals surface area contributed by atoms with Crippen molar-refractivity contribution in [3.05, 3.63) is 29.9 Å². The molecule has 8 nitrogen and oxygen atoms in total. The number of nitrogens with zero attached hydrogens (tertiary/aromatic N) is 5. The van der Waals surface area contributed by atoms with Crippen molar-refractivity contribution >= 4 is 23.3 Å². The summed E-state index contributed by atoms with van der Waals surface area (Å²) in [4.78, 5) is 25.9. The van der Waals surface area contributed by atoms with E-state index in [0.29, 0.717) is 36.6 Å². The molecule has 2 aromatic heterocycles. The molecule has 1 atom stereocenters.